The second-order valence-corrected chi connectivity index (χ2v) is 9.75. The quantitative estimate of drug-likeness (QED) is 0.602. The van der Waals surface area contributed by atoms with Crippen LogP contribution in [0, 0.1) is 29.5 Å². The van der Waals surface area contributed by atoms with Crippen molar-refractivity contribution in [2.45, 2.75) is 63.7 Å². The van der Waals surface area contributed by atoms with Crippen LogP contribution in [-0.2, 0) is 0 Å². The van der Waals surface area contributed by atoms with E-state index in [1.807, 2.05) is 6.07 Å². The molecule has 4 aliphatic carbocycles. The predicted octanol–water partition coefficient (Wildman–Crippen LogP) is 5.62. The summed E-state index contributed by atoms with van der Waals surface area (Å²) in [6.07, 6.45) is 12.0. The first kappa shape index (κ1) is 18.0. The summed E-state index contributed by atoms with van der Waals surface area (Å²) in [5.41, 5.74) is 1.24. The van der Waals surface area contributed by atoms with Gasteiger partial charge in [-0.2, -0.15) is 0 Å². The Balaban J connectivity index is 1.17. The van der Waals surface area contributed by atoms with E-state index in [2.05, 4.69) is 11.0 Å². The Morgan fingerprint density at radius 2 is 1.63 bits per heavy atom. The molecule has 0 unspecified atom stereocenters. The Morgan fingerprint density at radius 3 is 2.30 bits per heavy atom. The first-order valence-electron chi connectivity index (χ1n) is 11.4. The molecule has 1 saturated heterocycles. The van der Waals surface area contributed by atoms with Crippen LogP contribution in [0.3, 0.4) is 0 Å². The standard InChI is InChI=1S/C24H34FNO/c25-22-16-19(24-20-12-17-11-18(14-20)15-21(24)13-17)5-6-23(22)27-10-4-9-26-7-2-1-3-8-26/h5-6,16-18,20-21,24H,1-4,7-15H2. The average molecular weight is 372 g/mol. The van der Waals surface area contributed by atoms with Crippen molar-refractivity contribution < 1.29 is 9.13 Å². The molecule has 148 valence electrons. The van der Waals surface area contributed by atoms with Gasteiger partial charge in [0, 0.05) is 6.54 Å². The van der Waals surface area contributed by atoms with E-state index in [4.69, 9.17) is 4.74 Å². The number of piperidine rings is 1. The summed E-state index contributed by atoms with van der Waals surface area (Å²) in [5, 5.41) is 0. The highest BCUT2D eigenvalue weighted by atomic mass is 19.1. The molecule has 1 aromatic carbocycles. The van der Waals surface area contributed by atoms with E-state index in [1.54, 1.807) is 6.07 Å². The van der Waals surface area contributed by atoms with Gasteiger partial charge >= 0.3 is 0 Å². The zero-order valence-electron chi connectivity index (χ0n) is 16.5. The molecule has 0 amide bonds. The number of hydrogen-bond donors (Lipinski definition) is 0. The molecule has 0 atom stereocenters. The minimum Gasteiger partial charge on any atom is -0.490 e. The Hall–Kier alpha value is -1.09. The van der Waals surface area contributed by atoms with E-state index in [0.29, 0.717) is 18.3 Å². The number of likely N-dealkylation sites (tertiary alicyclic amines) is 1. The molecule has 1 aromatic rings. The Labute approximate surface area is 163 Å². The van der Waals surface area contributed by atoms with Crippen LogP contribution >= 0.6 is 0 Å². The highest BCUT2D eigenvalue weighted by Gasteiger charge is 2.48. The lowest BCUT2D eigenvalue weighted by atomic mass is 9.51. The first-order chi connectivity index (χ1) is 13.3. The second-order valence-electron chi connectivity index (χ2n) is 9.75. The van der Waals surface area contributed by atoms with Crippen LogP contribution in [0.1, 0.15) is 69.3 Å². The van der Waals surface area contributed by atoms with Crippen LogP contribution in [0.2, 0.25) is 0 Å². The van der Waals surface area contributed by atoms with Gasteiger partial charge in [0.05, 0.1) is 6.61 Å². The van der Waals surface area contributed by atoms with Gasteiger partial charge in [0.15, 0.2) is 11.6 Å². The maximum atomic E-state index is 14.7. The number of rotatable bonds is 6. The maximum Gasteiger partial charge on any atom is 0.165 e. The molecular weight excluding hydrogens is 337 g/mol. The predicted molar refractivity (Wildman–Crippen MR) is 107 cm³/mol. The van der Waals surface area contributed by atoms with Crippen LogP contribution in [-0.4, -0.2) is 31.1 Å². The molecule has 3 heteroatoms. The molecule has 0 radical (unpaired) electrons. The van der Waals surface area contributed by atoms with Crippen molar-refractivity contribution in [3.63, 3.8) is 0 Å². The number of hydrogen-bond acceptors (Lipinski definition) is 2. The minimum absolute atomic E-state index is 0.153. The van der Waals surface area contributed by atoms with Crippen LogP contribution in [0.5, 0.6) is 5.75 Å². The molecule has 4 saturated carbocycles. The van der Waals surface area contributed by atoms with Gasteiger partial charge in [0.1, 0.15) is 0 Å². The van der Waals surface area contributed by atoms with E-state index >= 15 is 0 Å². The fourth-order valence-electron chi connectivity index (χ4n) is 6.96. The lowest BCUT2D eigenvalue weighted by Crippen LogP contribution is -2.43. The van der Waals surface area contributed by atoms with Gasteiger partial charge in [-0.05, 0) is 112 Å². The van der Waals surface area contributed by atoms with Crippen LogP contribution in [0.25, 0.3) is 0 Å². The molecule has 1 aliphatic heterocycles. The fourth-order valence-corrected chi connectivity index (χ4v) is 6.96. The number of ether oxygens (including phenoxy) is 1. The molecule has 2 nitrogen and oxygen atoms in total. The van der Waals surface area contributed by atoms with Crippen molar-refractivity contribution in [2.24, 2.45) is 23.7 Å². The largest absolute Gasteiger partial charge is 0.490 e. The molecule has 0 aromatic heterocycles. The zero-order valence-corrected chi connectivity index (χ0v) is 16.5. The average Bonchev–Trinajstić information content (AvgIpc) is 2.66. The lowest BCUT2D eigenvalue weighted by molar-refractivity contribution is -0.00288. The summed E-state index contributed by atoms with van der Waals surface area (Å²) in [6, 6.07) is 5.86. The summed E-state index contributed by atoms with van der Waals surface area (Å²) in [6.45, 7) is 4.13. The third kappa shape index (κ3) is 3.77. The van der Waals surface area contributed by atoms with Crippen LogP contribution < -0.4 is 4.74 Å². The highest BCUT2D eigenvalue weighted by Crippen LogP contribution is 2.59. The lowest BCUT2D eigenvalue weighted by Gasteiger charge is -2.54. The molecule has 5 fully saturated rings. The first-order valence-corrected chi connectivity index (χ1v) is 11.4. The molecule has 27 heavy (non-hydrogen) atoms. The van der Waals surface area contributed by atoms with Crippen molar-refractivity contribution in [1.29, 1.82) is 0 Å². The van der Waals surface area contributed by atoms with Crippen molar-refractivity contribution in [2.75, 3.05) is 26.2 Å². The topological polar surface area (TPSA) is 12.5 Å². The van der Waals surface area contributed by atoms with E-state index in [0.717, 1.165) is 36.6 Å². The third-order valence-corrected chi connectivity index (χ3v) is 7.89. The van der Waals surface area contributed by atoms with Crippen molar-refractivity contribution in [3.05, 3.63) is 29.6 Å². The minimum atomic E-state index is -0.153. The van der Waals surface area contributed by atoms with E-state index < -0.39 is 0 Å². The number of halogens is 1. The maximum absolute atomic E-state index is 14.7. The SMILES string of the molecule is Fc1cc(C2C3CC4CC(C3)CC2C4)ccc1OCCCN1CCCCC1. The molecule has 6 rings (SSSR count). The molecule has 4 bridgehead atoms. The summed E-state index contributed by atoms with van der Waals surface area (Å²) >= 11 is 0. The highest BCUT2D eigenvalue weighted by molar-refractivity contribution is 5.33. The fraction of sp³-hybridized carbons (Fsp3) is 0.750. The zero-order chi connectivity index (χ0) is 18.2. The normalized spacial score (nSPS) is 35.5. The Morgan fingerprint density at radius 1 is 0.926 bits per heavy atom. The summed E-state index contributed by atoms with van der Waals surface area (Å²) in [4.78, 5) is 2.51. The van der Waals surface area contributed by atoms with Crippen LogP contribution in [0.4, 0.5) is 4.39 Å². The van der Waals surface area contributed by atoms with Crippen molar-refractivity contribution in [3.8, 4) is 5.75 Å². The van der Waals surface area contributed by atoms with Crippen molar-refractivity contribution in [1.82, 2.24) is 4.90 Å². The summed E-state index contributed by atoms with van der Waals surface area (Å²) in [5.74, 6) is 4.43. The van der Waals surface area contributed by atoms with Gasteiger partial charge < -0.3 is 9.64 Å². The van der Waals surface area contributed by atoms with E-state index in [1.165, 1.54) is 70.0 Å². The monoisotopic (exact) mass is 371 g/mol. The van der Waals surface area contributed by atoms with Gasteiger partial charge in [-0.15, -0.1) is 0 Å². The molecule has 0 N–H and O–H groups in total. The van der Waals surface area contributed by atoms with Gasteiger partial charge in [-0.1, -0.05) is 12.5 Å². The van der Waals surface area contributed by atoms with Crippen molar-refractivity contribution >= 4 is 0 Å². The molecule has 5 aliphatic rings. The van der Waals surface area contributed by atoms with E-state index in [-0.39, 0.29) is 5.82 Å². The second kappa shape index (κ2) is 7.73. The van der Waals surface area contributed by atoms with Gasteiger partial charge in [0.2, 0.25) is 0 Å². The summed E-state index contributed by atoms with van der Waals surface area (Å²) < 4.78 is 20.5. The Kier molecular flexibility index (Phi) is 5.15. The van der Waals surface area contributed by atoms with E-state index in [9.17, 15) is 4.39 Å². The molecule has 1 heterocycles. The number of nitrogens with zero attached hydrogens (tertiary/aromatic N) is 1. The van der Waals surface area contributed by atoms with Gasteiger partial charge in [-0.25, -0.2) is 4.39 Å². The van der Waals surface area contributed by atoms with Crippen LogP contribution in [0.15, 0.2) is 18.2 Å². The third-order valence-electron chi connectivity index (χ3n) is 7.89. The molecular formula is C24H34FNO. The van der Waals surface area contributed by atoms with Gasteiger partial charge in [-0.3, -0.25) is 0 Å². The summed E-state index contributed by atoms with van der Waals surface area (Å²) in [7, 11) is 0. The molecule has 0 spiro atoms. The smallest absolute Gasteiger partial charge is 0.165 e. The van der Waals surface area contributed by atoms with Gasteiger partial charge in [0.25, 0.3) is 0 Å². The number of benzene rings is 1. The Bertz CT molecular complexity index is 626.